The van der Waals surface area contributed by atoms with E-state index in [4.69, 9.17) is 9.84 Å². The summed E-state index contributed by atoms with van der Waals surface area (Å²) in [6, 6.07) is 15.7. The molecular formula is C20H16F2O3. The molecule has 0 spiro atoms. The van der Waals surface area contributed by atoms with Gasteiger partial charge in [-0.1, -0.05) is 19.1 Å². The molecule has 0 unspecified atom stereocenters. The molecule has 3 aromatic carbocycles. The highest BCUT2D eigenvalue weighted by atomic mass is 19.3. The molecule has 0 bridgehead atoms. The molecule has 25 heavy (non-hydrogen) atoms. The van der Waals surface area contributed by atoms with Gasteiger partial charge in [0.25, 0.3) is 5.92 Å². The lowest BCUT2D eigenvalue weighted by Crippen LogP contribution is -2.10. The fourth-order valence-electron chi connectivity index (χ4n) is 2.57. The number of carboxylic acid groups (broad SMARTS) is 1. The molecule has 1 N–H and O–H groups in total. The molecule has 5 heteroatoms. The van der Waals surface area contributed by atoms with Crippen molar-refractivity contribution in [1.82, 2.24) is 0 Å². The third kappa shape index (κ3) is 3.45. The quantitative estimate of drug-likeness (QED) is 0.634. The van der Waals surface area contributed by atoms with Crippen molar-refractivity contribution in [3.05, 3.63) is 71.8 Å². The van der Waals surface area contributed by atoms with Crippen LogP contribution in [0.25, 0.3) is 10.8 Å². The topological polar surface area (TPSA) is 46.5 Å². The maximum absolute atomic E-state index is 13.7. The number of aromatic carboxylic acids is 1. The maximum Gasteiger partial charge on any atom is 0.335 e. The fraction of sp³-hybridized carbons (Fsp3) is 0.150. The molecule has 3 rings (SSSR count). The van der Waals surface area contributed by atoms with Gasteiger partial charge in [-0.15, -0.1) is 0 Å². The number of hydrogen-bond acceptors (Lipinski definition) is 2. The number of hydrogen-bond donors (Lipinski definition) is 1. The molecule has 0 radical (unpaired) electrons. The normalized spacial score (nSPS) is 11.5. The van der Waals surface area contributed by atoms with E-state index in [0.29, 0.717) is 11.5 Å². The Balaban J connectivity index is 1.91. The molecule has 0 saturated heterocycles. The summed E-state index contributed by atoms with van der Waals surface area (Å²) in [5.74, 6) is -2.89. The van der Waals surface area contributed by atoms with E-state index < -0.39 is 11.9 Å². The van der Waals surface area contributed by atoms with Crippen LogP contribution in [0, 0.1) is 0 Å². The highest BCUT2D eigenvalue weighted by molar-refractivity contribution is 5.96. The van der Waals surface area contributed by atoms with Crippen molar-refractivity contribution in [3.63, 3.8) is 0 Å². The smallest absolute Gasteiger partial charge is 0.335 e. The van der Waals surface area contributed by atoms with Crippen LogP contribution in [-0.4, -0.2) is 11.1 Å². The van der Waals surface area contributed by atoms with Gasteiger partial charge in [-0.2, -0.15) is 0 Å². The zero-order chi connectivity index (χ0) is 18.0. The SMILES string of the molecule is CCC(F)(F)c1ccc(Oc2cccc3cc(C(=O)O)ccc23)cc1. The van der Waals surface area contributed by atoms with E-state index in [1.54, 1.807) is 30.3 Å². The lowest BCUT2D eigenvalue weighted by Gasteiger charge is -2.15. The molecule has 3 aromatic rings. The molecule has 0 saturated carbocycles. The van der Waals surface area contributed by atoms with E-state index in [-0.39, 0.29) is 17.5 Å². The molecule has 0 amide bonds. The van der Waals surface area contributed by atoms with Gasteiger partial charge in [0.2, 0.25) is 0 Å². The van der Waals surface area contributed by atoms with Gasteiger partial charge < -0.3 is 9.84 Å². The van der Waals surface area contributed by atoms with E-state index in [0.717, 1.165) is 10.8 Å². The average molecular weight is 342 g/mol. The Hall–Kier alpha value is -2.95. The van der Waals surface area contributed by atoms with E-state index in [2.05, 4.69) is 0 Å². The lowest BCUT2D eigenvalue weighted by molar-refractivity contribution is -0.00831. The van der Waals surface area contributed by atoms with Gasteiger partial charge in [0.1, 0.15) is 11.5 Å². The molecule has 0 aliphatic carbocycles. The highest BCUT2D eigenvalue weighted by Crippen LogP contribution is 2.34. The van der Waals surface area contributed by atoms with Gasteiger partial charge >= 0.3 is 5.97 Å². The van der Waals surface area contributed by atoms with E-state index in [1.165, 1.54) is 37.3 Å². The van der Waals surface area contributed by atoms with Gasteiger partial charge in [-0.3, -0.25) is 0 Å². The number of halogens is 2. The molecule has 0 atom stereocenters. The number of alkyl halides is 2. The third-order valence-electron chi connectivity index (χ3n) is 4.04. The summed E-state index contributed by atoms with van der Waals surface area (Å²) in [7, 11) is 0. The first-order chi connectivity index (χ1) is 11.9. The minimum absolute atomic E-state index is 0.0497. The van der Waals surface area contributed by atoms with Crippen LogP contribution in [0.4, 0.5) is 8.78 Å². The Bertz CT molecular complexity index is 918. The van der Waals surface area contributed by atoms with Crippen LogP contribution in [-0.2, 0) is 5.92 Å². The number of benzene rings is 3. The second kappa shape index (κ2) is 6.51. The number of carboxylic acids is 1. The monoisotopic (exact) mass is 342 g/mol. The largest absolute Gasteiger partial charge is 0.478 e. The Labute approximate surface area is 143 Å². The fourth-order valence-corrected chi connectivity index (χ4v) is 2.57. The van der Waals surface area contributed by atoms with Gasteiger partial charge in [0.15, 0.2) is 0 Å². The van der Waals surface area contributed by atoms with Crippen LogP contribution in [0.1, 0.15) is 29.3 Å². The van der Waals surface area contributed by atoms with Crippen molar-refractivity contribution in [2.75, 3.05) is 0 Å². The Morgan fingerprint density at radius 3 is 2.44 bits per heavy atom. The number of rotatable bonds is 5. The maximum atomic E-state index is 13.7. The number of ether oxygens (including phenoxy) is 1. The molecule has 0 aliphatic heterocycles. The van der Waals surface area contributed by atoms with Crippen molar-refractivity contribution >= 4 is 16.7 Å². The van der Waals surface area contributed by atoms with Crippen molar-refractivity contribution in [3.8, 4) is 11.5 Å². The van der Waals surface area contributed by atoms with Crippen LogP contribution < -0.4 is 4.74 Å². The van der Waals surface area contributed by atoms with Crippen molar-refractivity contribution in [2.24, 2.45) is 0 Å². The van der Waals surface area contributed by atoms with Gasteiger partial charge in [0, 0.05) is 17.4 Å². The standard InChI is InChI=1S/C20H16F2O3/c1-2-20(21,22)15-7-9-16(10-8-15)25-18-5-3-4-13-12-14(19(23)24)6-11-17(13)18/h3-12H,2H2,1H3,(H,23,24). The van der Waals surface area contributed by atoms with Crippen LogP contribution in [0.15, 0.2) is 60.7 Å². The first-order valence-electron chi connectivity index (χ1n) is 7.83. The molecule has 0 aromatic heterocycles. The minimum atomic E-state index is -2.86. The summed E-state index contributed by atoms with van der Waals surface area (Å²) >= 11 is 0. The van der Waals surface area contributed by atoms with Gasteiger partial charge in [-0.05, 0) is 53.9 Å². The van der Waals surface area contributed by atoms with E-state index >= 15 is 0 Å². The average Bonchev–Trinajstić information content (AvgIpc) is 2.62. The molecular weight excluding hydrogens is 326 g/mol. The van der Waals surface area contributed by atoms with E-state index in [9.17, 15) is 13.6 Å². The van der Waals surface area contributed by atoms with Crippen LogP contribution in [0.3, 0.4) is 0 Å². The lowest BCUT2D eigenvalue weighted by atomic mass is 10.1. The summed E-state index contributed by atoms with van der Waals surface area (Å²) in [4.78, 5) is 11.1. The Kier molecular flexibility index (Phi) is 4.40. The van der Waals surface area contributed by atoms with Gasteiger partial charge in [0.05, 0.1) is 5.56 Å². The number of carbonyl (C=O) groups is 1. The van der Waals surface area contributed by atoms with Crippen LogP contribution >= 0.6 is 0 Å². The van der Waals surface area contributed by atoms with Gasteiger partial charge in [-0.25, -0.2) is 13.6 Å². The van der Waals surface area contributed by atoms with E-state index in [1.807, 2.05) is 0 Å². The molecule has 3 nitrogen and oxygen atoms in total. The predicted octanol–water partition coefficient (Wildman–Crippen LogP) is 5.83. The predicted molar refractivity (Wildman–Crippen MR) is 91.6 cm³/mol. The summed E-state index contributed by atoms with van der Waals surface area (Å²) in [6.07, 6.45) is -0.261. The molecule has 128 valence electrons. The molecule has 0 aliphatic rings. The third-order valence-corrected chi connectivity index (χ3v) is 4.04. The summed E-state index contributed by atoms with van der Waals surface area (Å²) < 4.78 is 33.1. The van der Waals surface area contributed by atoms with Crippen molar-refractivity contribution in [2.45, 2.75) is 19.3 Å². The first kappa shape index (κ1) is 16.9. The zero-order valence-electron chi connectivity index (χ0n) is 13.5. The van der Waals surface area contributed by atoms with Crippen molar-refractivity contribution < 1.29 is 23.4 Å². The second-order valence-electron chi connectivity index (χ2n) is 5.68. The molecule has 0 heterocycles. The van der Waals surface area contributed by atoms with Crippen molar-refractivity contribution in [1.29, 1.82) is 0 Å². The minimum Gasteiger partial charge on any atom is -0.478 e. The first-order valence-corrected chi connectivity index (χ1v) is 7.83. The molecule has 0 fully saturated rings. The van der Waals surface area contributed by atoms with Crippen LogP contribution in [0.2, 0.25) is 0 Å². The summed E-state index contributed by atoms with van der Waals surface area (Å²) in [5.41, 5.74) is 0.141. The number of fused-ring (bicyclic) bond motifs is 1. The Morgan fingerprint density at radius 2 is 1.80 bits per heavy atom. The highest BCUT2D eigenvalue weighted by Gasteiger charge is 2.28. The van der Waals surface area contributed by atoms with Crippen LogP contribution in [0.5, 0.6) is 11.5 Å². The summed E-state index contributed by atoms with van der Waals surface area (Å²) in [6.45, 7) is 1.44. The summed E-state index contributed by atoms with van der Waals surface area (Å²) in [5, 5.41) is 10.5. The Morgan fingerprint density at radius 1 is 1.08 bits per heavy atom. The second-order valence-corrected chi connectivity index (χ2v) is 5.68. The zero-order valence-corrected chi connectivity index (χ0v) is 13.5.